The van der Waals surface area contributed by atoms with Gasteiger partial charge >= 0.3 is 7.60 Å². The van der Waals surface area contributed by atoms with Crippen LogP contribution in [0.5, 0.6) is 0 Å². The summed E-state index contributed by atoms with van der Waals surface area (Å²) >= 11 is 0. The molecule has 8 nitrogen and oxygen atoms in total. The van der Waals surface area contributed by atoms with Crippen molar-refractivity contribution in [2.45, 2.75) is 0 Å². The molecule has 112 valence electrons. The van der Waals surface area contributed by atoms with Gasteiger partial charge in [-0.05, 0) is 0 Å². The molecule has 0 saturated heterocycles. The highest BCUT2D eigenvalue weighted by Gasteiger charge is 1.95. The third-order valence-electron chi connectivity index (χ3n) is 1.22. The summed E-state index contributed by atoms with van der Waals surface area (Å²) in [6.07, 6.45) is 0. The van der Waals surface area contributed by atoms with E-state index in [-0.39, 0.29) is 13.2 Å². The Morgan fingerprint density at radius 3 is 1.22 bits per heavy atom. The summed E-state index contributed by atoms with van der Waals surface area (Å²) in [5.74, 6) is 0. The normalized spacial score (nSPS) is 10.9. The van der Waals surface area contributed by atoms with Crippen molar-refractivity contribution in [1.29, 1.82) is 0 Å². The minimum absolute atomic E-state index is 0.0413. The molecule has 18 heavy (non-hydrogen) atoms. The quantitative estimate of drug-likeness (QED) is 0.292. The van der Waals surface area contributed by atoms with Gasteiger partial charge < -0.3 is 34.2 Å². The summed E-state index contributed by atoms with van der Waals surface area (Å²) in [6.45, 7) is 3.62. The number of aliphatic hydroxyl groups is 2. The average Bonchev–Trinajstić information content (AvgIpc) is 2.25. The Kier molecular flexibility index (Phi) is 16.9. The van der Waals surface area contributed by atoms with E-state index in [4.69, 9.17) is 34.2 Å². The van der Waals surface area contributed by atoms with E-state index < -0.39 is 7.60 Å². The maximum atomic E-state index is 9.33. The standard InChI is InChI=1S/C8H18O5.CH5O3P/c9-1-3-11-5-7-13-8-6-12-4-2-10;1-5(2,3)4/h9-10H,1-8H2;1H3,(H2,2,3,4). The summed E-state index contributed by atoms with van der Waals surface area (Å²) < 4.78 is 24.3. The van der Waals surface area contributed by atoms with Gasteiger partial charge in [0.1, 0.15) is 0 Å². The summed E-state index contributed by atoms with van der Waals surface area (Å²) in [5, 5.41) is 16.7. The molecule has 0 unspecified atom stereocenters. The van der Waals surface area contributed by atoms with Gasteiger partial charge in [-0.3, -0.25) is 4.57 Å². The second-order valence-electron chi connectivity index (χ2n) is 3.12. The lowest BCUT2D eigenvalue weighted by Crippen LogP contribution is -2.11. The van der Waals surface area contributed by atoms with E-state index in [1.165, 1.54) is 0 Å². The Balaban J connectivity index is 0. The van der Waals surface area contributed by atoms with Crippen LogP contribution in [0.4, 0.5) is 0 Å². The minimum atomic E-state index is -3.64. The van der Waals surface area contributed by atoms with Crippen LogP contribution in [0.15, 0.2) is 0 Å². The Bertz CT molecular complexity index is 177. The van der Waals surface area contributed by atoms with Gasteiger partial charge in [0.05, 0.1) is 52.9 Å². The zero-order valence-corrected chi connectivity index (χ0v) is 11.4. The van der Waals surface area contributed by atoms with Crippen LogP contribution in [0.1, 0.15) is 0 Å². The number of rotatable bonds is 10. The van der Waals surface area contributed by atoms with Crippen LogP contribution in [-0.4, -0.2) is 79.5 Å². The molecule has 0 fully saturated rings. The summed E-state index contributed by atoms with van der Waals surface area (Å²) in [6, 6.07) is 0. The molecule has 0 aromatic rings. The average molecular weight is 290 g/mol. The van der Waals surface area contributed by atoms with Gasteiger partial charge in [0.25, 0.3) is 0 Å². The third kappa shape index (κ3) is 36.0. The zero-order valence-electron chi connectivity index (χ0n) is 10.5. The Morgan fingerprint density at radius 2 is 1.00 bits per heavy atom. The van der Waals surface area contributed by atoms with Crippen LogP contribution in [-0.2, 0) is 18.8 Å². The largest absolute Gasteiger partial charge is 0.394 e. The lowest BCUT2D eigenvalue weighted by Gasteiger charge is -2.04. The molecule has 0 saturated carbocycles. The molecule has 0 heterocycles. The fourth-order valence-electron chi connectivity index (χ4n) is 0.671. The molecule has 0 aliphatic rings. The van der Waals surface area contributed by atoms with Gasteiger partial charge in [0, 0.05) is 6.66 Å². The SMILES string of the molecule is CP(=O)(O)O.OCCOCCOCCOCCO. The molecular weight excluding hydrogens is 267 g/mol. The molecule has 0 bridgehead atoms. The molecule has 0 spiro atoms. The van der Waals surface area contributed by atoms with Gasteiger partial charge in [-0.1, -0.05) is 0 Å². The second kappa shape index (κ2) is 15.0. The number of hydrogen-bond donors (Lipinski definition) is 4. The lowest BCUT2D eigenvalue weighted by molar-refractivity contribution is 0.00230. The van der Waals surface area contributed by atoms with E-state index in [2.05, 4.69) is 0 Å². The predicted molar refractivity (Wildman–Crippen MR) is 64.6 cm³/mol. The first-order valence-corrected chi connectivity index (χ1v) is 7.45. The van der Waals surface area contributed by atoms with Gasteiger partial charge in [-0.2, -0.15) is 0 Å². The molecular formula is C9H23O8P. The van der Waals surface area contributed by atoms with Crippen LogP contribution in [0.3, 0.4) is 0 Å². The molecule has 9 heteroatoms. The summed E-state index contributed by atoms with van der Waals surface area (Å²) in [5.41, 5.74) is 0. The Labute approximate surface area is 107 Å². The van der Waals surface area contributed by atoms with E-state index in [0.29, 0.717) is 39.6 Å². The number of aliphatic hydroxyl groups excluding tert-OH is 2. The van der Waals surface area contributed by atoms with Crippen LogP contribution in [0, 0.1) is 0 Å². The van der Waals surface area contributed by atoms with Gasteiger partial charge in [-0.15, -0.1) is 0 Å². The predicted octanol–water partition coefficient (Wildman–Crippen LogP) is -1.19. The van der Waals surface area contributed by atoms with Crippen LogP contribution in [0.2, 0.25) is 0 Å². The molecule has 0 aliphatic heterocycles. The summed E-state index contributed by atoms with van der Waals surface area (Å²) in [7, 11) is -3.64. The van der Waals surface area contributed by atoms with E-state index >= 15 is 0 Å². The lowest BCUT2D eigenvalue weighted by atomic mass is 10.7. The van der Waals surface area contributed by atoms with Crippen LogP contribution in [0.25, 0.3) is 0 Å². The maximum Gasteiger partial charge on any atom is 0.322 e. The molecule has 4 N–H and O–H groups in total. The van der Waals surface area contributed by atoms with E-state index in [1.807, 2.05) is 0 Å². The molecule has 0 aromatic carbocycles. The van der Waals surface area contributed by atoms with Crippen molar-refractivity contribution in [3.8, 4) is 0 Å². The van der Waals surface area contributed by atoms with Gasteiger partial charge in [-0.25, -0.2) is 0 Å². The molecule has 0 atom stereocenters. The first-order chi connectivity index (χ1) is 8.41. The smallest absolute Gasteiger partial charge is 0.322 e. The second-order valence-corrected chi connectivity index (χ2v) is 4.79. The third-order valence-corrected chi connectivity index (χ3v) is 1.22. The molecule has 0 aromatic heterocycles. The van der Waals surface area contributed by atoms with Gasteiger partial charge in [0.2, 0.25) is 0 Å². The van der Waals surface area contributed by atoms with Crippen molar-refractivity contribution in [2.75, 3.05) is 59.5 Å². The number of ether oxygens (including phenoxy) is 3. The molecule has 0 amide bonds. The van der Waals surface area contributed by atoms with E-state index in [9.17, 15) is 4.57 Å². The Hall–Kier alpha value is -0.0500. The van der Waals surface area contributed by atoms with Crippen molar-refractivity contribution in [3.63, 3.8) is 0 Å². The first-order valence-electron chi connectivity index (χ1n) is 5.39. The monoisotopic (exact) mass is 290 g/mol. The van der Waals surface area contributed by atoms with E-state index in [0.717, 1.165) is 6.66 Å². The minimum Gasteiger partial charge on any atom is -0.394 e. The first kappa shape index (κ1) is 20.3. The summed E-state index contributed by atoms with van der Waals surface area (Å²) in [4.78, 5) is 15.3. The molecule has 0 rings (SSSR count). The fourth-order valence-corrected chi connectivity index (χ4v) is 0.671. The highest BCUT2D eigenvalue weighted by atomic mass is 31.2. The van der Waals surface area contributed by atoms with E-state index in [1.54, 1.807) is 0 Å². The molecule has 0 radical (unpaired) electrons. The highest BCUT2D eigenvalue weighted by Crippen LogP contribution is 2.26. The van der Waals surface area contributed by atoms with Gasteiger partial charge in [0.15, 0.2) is 0 Å². The van der Waals surface area contributed by atoms with Crippen molar-refractivity contribution in [3.05, 3.63) is 0 Å². The van der Waals surface area contributed by atoms with Crippen molar-refractivity contribution >= 4 is 7.60 Å². The van der Waals surface area contributed by atoms with Crippen molar-refractivity contribution < 1.29 is 38.8 Å². The maximum absolute atomic E-state index is 9.33. The zero-order chi connectivity index (χ0) is 14.3. The van der Waals surface area contributed by atoms with Crippen molar-refractivity contribution in [2.24, 2.45) is 0 Å². The fraction of sp³-hybridized carbons (Fsp3) is 1.00. The van der Waals surface area contributed by atoms with Crippen LogP contribution < -0.4 is 0 Å². The topological polar surface area (TPSA) is 126 Å². The highest BCUT2D eigenvalue weighted by molar-refractivity contribution is 7.50. The molecule has 0 aliphatic carbocycles. The number of hydrogen-bond acceptors (Lipinski definition) is 6. The van der Waals surface area contributed by atoms with Crippen LogP contribution >= 0.6 is 7.60 Å². The van der Waals surface area contributed by atoms with Crippen molar-refractivity contribution in [1.82, 2.24) is 0 Å². The Morgan fingerprint density at radius 1 is 0.778 bits per heavy atom.